The molecule has 1 aromatic heterocycles. The van der Waals surface area contributed by atoms with Crippen LogP contribution in [-0.2, 0) is 27.2 Å². The third-order valence-corrected chi connectivity index (χ3v) is 4.18. The number of para-hydroxylation sites is 1. The number of aromatic nitrogens is 2. The highest BCUT2D eigenvalue weighted by molar-refractivity contribution is 5.85. The molecule has 3 rings (SSSR count). The number of halogens is 1. The summed E-state index contributed by atoms with van der Waals surface area (Å²) in [6.07, 6.45) is 0. The molecular weight excluding hydrogens is 316 g/mol. The van der Waals surface area contributed by atoms with E-state index in [1.807, 2.05) is 12.1 Å². The Morgan fingerprint density at radius 3 is 2.65 bits per heavy atom. The number of hydrogen-bond donors (Lipinski definition) is 1. The Hall–Kier alpha value is -2.05. The standard InChI is InChI=1S/C16H20N4O2.ClH/c1-18-13(9-15(21)19(2)16(18)22)11-20-8-7-17-10-12-5-3-4-6-14(12)20;/h3-6,9,17H,7-8,10-11H2,1-2H3;1H. The zero-order valence-electron chi connectivity index (χ0n) is 13.3. The highest BCUT2D eigenvalue weighted by Gasteiger charge is 2.16. The first kappa shape index (κ1) is 17.3. The molecule has 0 unspecified atom stereocenters. The second-order valence-electron chi connectivity index (χ2n) is 5.60. The summed E-state index contributed by atoms with van der Waals surface area (Å²) >= 11 is 0. The Balaban J connectivity index is 0.00000192. The molecule has 0 bridgehead atoms. The van der Waals surface area contributed by atoms with Crippen molar-refractivity contribution >= 4 is 18.1 Å². The third-order valence-electron chi connectivity index (χ3n) is 4.18. The van der Waals surface area contributed by atoms with E-state index in [1.54, 1.807) is 17.7 Å². The van der Waals surface area contributed by atoms with E-state index in [-0.39, 0.29) is 23.7 Å². The van der Waals surface area contributed by atoms with Gasteiger partial charge in [0.05, 0.1) is 6.54 Å². The van der Waals surface area contributed by atoms with Crippen LogP contribution >= 0.6 is 12.4 Å². The van der Waals surface area contributed by atoms with E-state index in [0.29, 0.717) is 6.54 Å². The van der Waals surface area contributed by atoms with Gasteiger partial charge in [0.1, 0.15) is 0 Å². The molecule has 1 aliphatic rings. The van der Waals surface area contributed by atoms with Crippen LogP contribution in [0.5, 0.6) is 0 Å². The summed E-state index contributed by atoms with van der Waals surface area (Å²) in [5.74, 6) is 0. The smallest absolute Gasteiger partial charge is 0.330 e. The lowest BCUT2D eigenvalue weighted by Crippen LogP contribution is -2.40. The average Bonchev–Trinajstić information content (AvgIpc) is 2.73. The third kappa shape index (κ3) is 3.33. The van der Waals surface area contributed by atoms with Gasteiger partial charge in [-0.1, -0.05) is 18.2 Å². The fourth-order valence-electron chi connectivity index (χ4n) is 2.82. The van der Waals surface area contributed by atoms with Crippen molar-refractivity contribution in [3.05, 3.63) is 62.4 Å². The van der Waals surface area contributed by atoms with E-state index in [0.717, 1.165) is 35.6 Å². The Morgan fingerprint density at radius 1 is 1.13 bits per heavy atom. The van der Waals surface area contributed by atoms with E-state index >= 15 is 0 Å². The van der Waals surface area contributed by atoms with Crippen molar-refractivity contribution in [1.29, 1.82) is 0 Å². The number of anilines is 1. The summed E-state index contributed by atoms with van der Waals surface area (Å²) < 4.78 is 2.67. The van der Waals surface area contributed by atoms with Gasteiger partial charge in [0.15, 0.2) is 0 Å². The number of hydrogen-bond acceptors (Lipinski definition) is 4. The predicted molar refractivity (Wildman–Crippen MR) is 93.4 cm³/mol. The molecule has 124 valence electrons. The van der Waals surface area contributed by atoms with Gasteiger partial charge in [-0.3, -0.25) is 13.9 Å². The topological polar surface area (TPSA) is 59.3 Å². The molecule has 0 fully saturated rings. The summed E-state index contributed by atoms with van der Waals surface area (Å²) in [5, 5.41) is 3.39. The van der Waals surface area contributed by atoms with Gasteiger partial charge >= 0.3 is 5.69 Å². The first-order valence-corrected chi connectivity index (χ1v) is 7.37. The molecule has 23 heavy (non-hydrogen) atoms. The lowest BCUT2D eigenvalue weighted by Gasteiger charge is -2.25. The molecule has 6 nitrogen and oxygen atoms in total. The number of benzene rings is 1. The van der Waals surface area contributed by atoms with Crippen LogP contribution in [0, 0.1) is 0 Å². The lowest BCUT2D eigenvalue weighted by molar-refractivity contribution is 0.627. The summed E-state index contributed by atoms with van der Waals surface area (Å²) in [6.45, 7) is 3.08. The Labute approximate surface area is 140 Å². The van der Waals surface area contributed by atoms with Gasteiger partial charge in [-0.15, -0.1) is 12.4 Å². The van der Waals surface area contributed by atoms with Gasteiger partial charge < -0.3 is 10.2 Å². The minimum Gasteiger partial charge on any atom is -0.364 e. The molecule has 0 atom stereocenters. The van der Waals surface area contributed by atoms with Crippen LogP contribution in [0.1, 0.15) is 11.3 Å². The maximum Gasteiger partial charge on any atom is 0.330 e. The van der Waals surface area contributed by atoms with Crippen LogP contribution in [-0.4, -0.2) is 22.2 Å². The SMILES string of the molecule is Cl.Cn1c(CN2CCNCc3ccccc32)cc(=O)n(C)c1=O. The average molecular weight is 337 g/mol. The first-order valence-electron chi connectivity index (χ1n) is 7.37. The van der Waals surface area contributed by atoms with Gasteiger partial charge in [-0.25, -0.2) is 4.79 Å². The highest BCUT2D eigenvalue weighted by atomic mass is 35.5. The second-order valence-corrected chi connectivity index (χ2v) is 5.60. The van der Waals surface area contributed by atoms with Crippen LogP contribution in [0.25, 0.3) is 0 Å². The molecular formula is C16H21ClN4O2. The second kappa shape index (κ2) is 7.02. The molecule has 2 aromatic rings. The van der Waals surface area contributed by atoms with Gasteiger partial charge in [0.2, 0.25) is 0 Å². The van der Waals surface area contributed by atoms with Crippen LogP contribution in [0.2, 0.25) is 0 Å². The van der Waals surface area contributed by atoms with Crippen molar-refractivity contribution in [3.8, 4) is 0 Å². The number of nitrogens with zero attached hydrogens (tertiary/aromatic N) is 3. The van der Waals surface area contributed by atoms with Crippen LogP contribution in [0.4, 0.5) is 5.69 Å². The number of nitrogens with one attached hydrogen (secondary N) is 1. The minimum absolute atomic E-state index is 0. The predicted octanol–water partition coefficient (Wildman–Crippen LogP) is 0.616. The Morgan fingerprint density at radius 2 is 1.87 bits per heavy atom. The van der Waals surface area contributed by atoms with E-state index in [9.17, 15) is 9.59 Å². The van der Waals surface area contributed by atoms with Crippen molar-refractivity contribution in [2.75, 3.05) is 18.0 Å². The Bertz CT molecular complexity index is 812. The summed E-state index contributed by atoms with van der Waals surface area (Å²) in [5.41, 5.74) is 2.56. The molecule has 1 N–H and O–H groups in total. The molecule has 0 aliphatic carbocycles. The zero-order chi connectivity index (χ0) is 15.7. The van der Waals surface area contributed by atoms with E-state index in [1.165, 1.54) is 12.6 Å². The zero-order valence-corrected chi connectivity index (χ0v) is 14.1. The maximum atomic E-state index is 12.1. The van der Waals surface area contributed by atoms with Crippen molar-refractivity contribution in [2.45, 2.75) is 13.1 Å². The molecule has 0 radical (unpaired) electrons. The monoisotopic (exact) mass is 336 g/mol. The highest BCUT2D eigenvalue weighted by Crippen LogP contribution is 2.23. The van der Waals surface area contributed by atoms with Gasteiger partial charge in [0, 0.05) is 51.2 Å². The van der Waals surface area contributed by atoms with E-state index in [4.69, 9.17) is 0 Å². The fourth-order valence-corrected chi connectivity index (χ4v) is 2.82. The van der Waals surface area contributed by atoms with Crippen LogP contribution < -0.4 is 21.5 Å². The van der Waals surface area contributed by atoms with Gasteiger partial charge in [-0.2, -0.15) is 0 Å². The fraction of sp³-hybridized carbons (Fsp3) is 0.375. The quantitative estimate of drug-likeness (QED) is 0.873. The van der Waals surface area contributed by atoms with Crippen molar-refractivity contribution in [1.82, 2.24) is 14.5 Å². The Kier molecular flexibility index (Phi) is 5.28. The van der Waals surface area contributed by atoms with Gasteiger partial charge in [-0.05, 0) is 11.6 Å². The summed E-state index contributed by atoms with van der Waals surface area (Å²) in [4.78, 5) is 26.2. The van der Waals surface area contributed by atoms with Crippen molar-refractivity contribution < 1.29 is 0 Å². The summed E-state index contributed by atoms with van der Waals surface area (Å²) in [6, 6.07) is 9.77. The molecule has 1 aromatic carbocycles. The largest absolute Gasteiger partial charge is 0.364 e. The van der Waals surface area contributed by atoms with Crippen LogP contribution in [0.3, 0.4) is 0 Å². The molecule has 0 saturated heterocycles. The molecule has 2 heterocycles. The molecule has 0 amide bonds. The van der Waals surface area contributed by atoms with Crippen molar-refractivity contribution in [2.24, 2.45) is 14.1 Å². The van der Waals surface area contributed by atoms with Crippen molar-refractivity contribution in [3.63, 3.8) is 0 Å². The summed E-state index contributed by atoms with van der Waals surface area (Å²) in [7, 11) is 3.21. The first-order chi connectivity index (χ1) is 10.6. The molecule has 0 saturated carbocycles. The normalized spacial score (nSPS) is 13.9. The van der Waals surface area contributed by atoms with E-state index in [2.05, 4.69) is 22.3 Å². The van der Waals surface area contributed by atoms with Gasteiger partial charge in [0.25, 0.3) is 5.56 Å². The lowest BCUT2D eigenvalue weighted by atomic mass is 10.1. The minimum atomic E-state index is -0.288. The molecule has 7 heteroatoms. The molecule has 1 aliphatic heterocycles. The number of fused-ring (bicyclic) bond motifs is 1. The van der Waals surface area contributed by atoms with Crippen LogP contribution in [0.15, 0.2) is 39.9 Å². The molecule has 0 spiro atoms. The number of rotatable bonds is 2. The maximum absolute atomic E-state index is 12.1. The van der Waals surface area contributed by atoms with E-state index < -0.39 is 0 Å².